The zero-order valence-electron chi connectivity index (χ0n) is 11.9. The molecule has 1 N–H and O–H groups in total. The third-order valence-corrected chi connectivity index (χ3v) is 2.69. The summed E-state index contributed by atoms with van der Waals surface area (Å²) in [7, 11) is 1.48. The number of hydrogen-bond donors (Lipinski definition) is 1. The molecule has 0 atom stereocenters. The van der Waals surface area contributed by atoms with Gasteiger partial charge >= 0.3 is 11.7 Å². The van der Waals surface area contributed by atoms with E-state index in [0.29, 0.717) is 0 Å². The second kappa shape index (κ2) is 8.05. The first-order valence-electron chi connectivity index (χ1n) is 6.37. The van der Waals surface area contributed by atoms with E-state index >= 15 is 0 Å². The first kappa shape index (κ1) is 16.7. The Morgan fingerprint density at radius 3 is 2.71 bits per heavy atom. The van der Waals surface area contributed by atoms with Crippen LogP contribution in [0.3, 0.4) is 0 Å². The van der Waals surface area contributed by atoms with Crippen molar-refractivity contribution in [3.05, 3.63) is 28.3 Å². The number of carboxylic acid groups (broad SMARTS) is 1. The van der Waals surface area contributed by atoms with Crippen LogP contribution in [-0.4, -0.2) is 49.4 Å². The van der Waals surface area contributed by atoms with Crippen LogP contribution in [0.2, 0.25) is 0 Å². The molecule has 0 aliphatic rings. The summed E-state index contributed by atoms with van der Waals surface area (Å²) >= 11 is 0. The zero-order chi connectivity index (χ0) is 15.8. The van der Waals surface area contributed by atoms with Crippen LogP contribution < -0.4 is 9.64 Å². The predicted molar refractivity (Wildman–Crippen MR) is 76.0 cm³/mol. The molecule has 0 spiro atoms. The van der Waals surface area contributed by atoms with E-state index in [0.717, 1.165) is 0 Å². The molecule has 8 heteroatoms. The number of carboxylic acids is 1. The maximum Gasteiger partial charge on any atom is 0.333 e. The summed E-state index contributed by atoms with van der Waals surface area (Å²) < 4.78 is 10.2. The lowest BCUT2D eigenvalue weighted by Gasteiger charge is -2.22. The van der Waals surface area contributed by atoms with Crippen LogP contribution in [0.5, 0.6) is 5.75 Å². The number of benzene rings is 1. The average Bonchev–Trinajstić information content (AvgIpc) is 2.43. The van der Waals surface area contributed by atoms with Crippen molar-refractivity contribution in [1.29, 1.82) is 0 Å². The van der Waals surface area contributed by atoms with Crippen molar-refractivity contribution >= 4 is 17.3 Å². The number of nitro groups is 1. The van der Waals surface area contributed by atoms with Gasteiger partial charge < -0.3 is 19.5 Å². The second-order valence-electron chi connectivity index (χ2n) is 4.12. The molecule has 0 aliphatic heterocycles. The molecule has 0 unspecified atom stereocenters. The molecule has 0 heterocycles. The van der Waals surface area contributed by atoms with Crippen molar-refractivity contribution < 1.29 is 24.3 Å². The highest BCUT2D eigenvalue weighted by atomic mass is 16.6. The lowest BCUT2D eigenvalue weighted by atomic mass is 10.2. The highest BCUT2D eigenvalue weighted by Gasteiger charge is 2.25. The molecule has 8 nitrogen and oxygen atoms in total. The Balaban J connectivity index is 3.24. The minimum Gasteiger partial charge on any atom is -0.487 e. The van der Waals surface area contributed by atoms with E-state index in [2.05, 4.69) is 0 Å². The average molecular weight is 298 g/mol. The van der Waals surface area contributed by atoms with Crippen LogP contribution in [0, 0.1) is 10.1 Å². The number of carbonyl (C=O) groups is 1. The van der Waals surface area contributed by atoms with Gasteiger partial charge in [-0.15, -0.1) is 0 Å². The fraction of sp³-hybridized carbons (Fsp3) is 0.462. The summed E-state index contributed by atoms with van der Waals surface area (Å²) in [6, 6.07) is 4.58. The Morgan fingerprint density at radius 1 is 1.48 bits per heavy atom. The highest BCUT2D eigenvalue weighted by Crippen LogP contribution is 2.37. The van der Waals surface area contributed by atoms with Crippen LogP contribution in [-0.2, 0) is 9.53 Å². The van der Waals surface area contributed by atoms with Gasteiger partial charge in [-0.05, 0) is 19.1 Å². The number of anilines is 1. The summed E-state index contributed by atoms with van der Waals surface area (Å²) in [4.78, 5) is 23.1. The van der Waals surface area contributed by atoms with E-state index in [1.807, 2.05) is 0 Å². The van der Waals surface area contributed by atoms with Gasteiger partial charge in [0.2, 0.25) is 0 Å². The van der Waals surface area contributed by atoms with Gasteiger partial charge in [0, 0.05) is 13.7 Å². The molecule has 1 aromatic rings. The van der Waals surface area contributed by atoms with Crippen molar-refractivity contribution in [2.75, 3.05) is 38.3 Å². The monoisotopic (exact) mass is 298 g/mol. The minimum absolute atomic E-state index is 0.118. The van der Waals surface area contributed by atoms with Crippen LogP contribution in [0.4, 0.5) is 11.4 Å². The van der Waals surface area contributed by atoms with Gasteiger partial charge in [0.25, 0.3) is 0 Å². The van der Waals surface area contributed by atoms with Gasteiger partial charge in [0.1, 0.15) is 12.2 Å². The van der Waals surface area contributed by atoms with E-state index < -0.39 is 10.9 Å². The van der Waals surface area contributed by atoms with E-state index in [4.69, 9.17) is 14.6 Å². The molecule has 0 aromatic heterocycles. The molecule has 21 heavy (non-hydrogen) atoms. The molecule has 116 valence electrons. The Bertz CT molecular complexity index is 505. The zero-order valence-corrected chi connectivity index (χ0v) is 11.9. The summed E-state index contributed by atoms with van der Waals surface area (Å²) in [5.74, 6) is -0.963. The number of methoxy groups -OCH3 is 1. The lowest BCUT2D eigenvalue weighted by Crippen LogP contribution is -2.33. The first-order valence-corrected chi connectivity index (χ1v) is 6.37. The van der Waals surface area contributed by atoms with E-state index in [1.54, 1.807) is 13.0 Å². The Morgan fingerprint density at radius 2 is 2.19 bits per heavy atom. The molecule has 0 saturated heterocycles. The van der Waals surface area contributed by atoms with Gasteiger partial charge in [-0.2, -0.15) is 0 Å². The predicted octanol–water partition coefficient (Wildman–Crippen LogP) is 1.53. The van der Waals surface area contributed by atoms with Crippen LogP contribution in [0.25, 0.3) is 0 Å². The van der Waals surface area contributed by atoms with E-state index in [1.165, 1.54) is 24.1 Å². The fourth-order valence-electron chi connectivity index (χ4n) is 1.87. The maximum absolute atomic E-state index is 11.3. The largest absolute Gasteiger partial charge is 0.487 e. The molecule has 0 radical (unpaired) electrons. The second-order valence-corrected chi connectivity index (χ2v) is 4.12. The molecular formula is C13H18N2O6. The van der Waals surface area contributed by atoms with Gasteiger partial charge in [0.05, 0.1) is 18.1 Å². The molecule has 0 aliphatic carbocycles. The van der Waals surface area contributed by atoms with Crippen LogP contribution >= 0.6 is 0 Å². The highest BCUT2D eigenvalue weighted by molar-refractivity contribution is 5.78. The summed E-state index contributed by atoms with van der Waals surface area (Å²) in [5.41, 5.74) is -0.0397. The van der Waals surface area contributed by atoms with E-state index in [-0.39, 0.29) is 43.4 Å². The van der Waals surface area contributed by atoms with Crippen LogP contribution in [0.15, 0.2) is 18.2 Å². The van der Waals surface area contributed by atoms with Crippen molar-refractivity contribution in [2.45, 2.75) is 6.92 Å². The summed E-state index contributed by atoms with van der Waals surface area (Å²) in [5, 5.41) is 20.3. The quantitative estimate of drug-likeness (QED) is 0.544. The number of nitrogens with zero attached hydrogens (tertiary/aromatic N) is 2. The number of rotatable bonds is 9. The Hall–Kier alpha value is -2.35. The smallest absolute Gasteiger partial charge is 0.333 e. The molecule has 0 saturated carbocycles. The number of hydrogen-bond acceptors (Lipinski definition) is 6. The lowest BCUT2D eigenvalue weighted by molar-refractivity contribution is -0.385. The Labute approximate surface area is 122 Å². The molecule has 1 rings (SSSR count). The molecular weight excluding hydrogens is 280 g/mol. The molecule has 1 aromatic carbocycles. The standard InChI is InChI=1S/C13H18N2O6/c1-3-21-11-6-4-5-10(13(11)15(18)19)14(7-8-20-2)9-12(16)17/h4-6H,3,7-9H2,1-2H3,(H,16,17). The number of nitro benzene ring substituents is 1. The molecule has 0 amide bonds. The topological polar surface area (TPSA) is 102 Å². The third kappa shape index (κ3) is 4.60. The first-order chi connectivity index (χ1) is 10.0. The van der Waals surface area contributed by atoms with Gasteiger partial charge in [-0.25, -0.2) is 0 Å². The molecule has 0 bridgehead atoms. The Kier molecular flexibility index (Phi) is 6.41. The molecule has 0 fully saturated rings. The van der Waals surface area contributed by atoms with Crippen molar-refractivity contribution in [3.63, 3.8) is 0 Å². The van der Waals surface area contributed by atoms with Crippen molar-refractivity contribution in [3.8, 4) is 5.75 Å². The number of ether oxygens (including phenoxy) is 2. The van der Waals surface area contributed by atoms with Crippen LogP contribution in [0.1, 0.15) is 6.92 Å². The summed E-state index contributed by atoms with van der Waals surface area (Å²) in [6.07, 6.45) is 0. The minimum atomic E-state index is -1.08. The van der Waals surface area contributed by atoms with Crippen molar-refractivity contribution in [1.82, 2.24) is 0 Å². The number of aliphatic carboxylic acids is 1. The summed E-state index contributed by atoms with van der Waals surface area (Å²) in [6.45, 7) is 2.11. The fourth-order valence-corrected chi connectivity index (χ4v) is 1.87. The van der Waals surface area contributed by atoms with Gasteiger partial charge in [-0.1, -0.05) is 6.07 Å². The van der Waals surface area contributed by atoms with Crippen molar-refractivity contribution in [2.24, 2.45) is 0 Å². The SMILES string of the molecule is CCOc1cccc(N(CCOC)CC(=O)O)c1[N+](=O)[O-]. The third-order valence-electron chi connectivity index (χ3n) is 2.69. The normalized spacial score (nSPS) is 10.2. The maximum atomic E-state index is 11.3. The number of para-hydroxylation sites is 1. The van der Waals surface area contributed by atoms with Gasteiger partial charge in [-0.3, -0.25) is 14.9 Å². The van der Waals surface area contributed by atoms with Gasteiger partial charge in [0.15, 0.2) is 5.75 Å². The van der Waals surface area contributed by atoms with E-state index in [9.17, 15) is 14.9 Å².